The third kappa shape index (κ3) is 3.63. The van der Waals surface area contributed by atoms with E-state index in [1.54, 1.807) is 11.0 Å². The van der Waals surface area contributed by atoms with Gasteiger partial charge in [0.15, 0.2) is 5.11 Å². The number of nitrogens with one attached hydrogen (secondary N) is 1. The van der Waals surface area contributed by atoms with Gasteiger partial charge >= 0.3 is 0 Å². The van der Waals surface area contributed by atoms with E-state index in [9.17, 15) is 9.59 Å². The first-order valence-electron chi connectivity index (χ1n) is 10.4. The van der Waals surface area contributed by atoms with Gasteiger partial charge in [-0.25, -0.2) is 0 Å². The number of fused-ring (bicyclic) bond motifs is 1. The standard InChI is InChI=1S/C24H23N3O2S/c28-22-20(23(29)27(19-9-10-19)24(30)25-22)14-17-8-11-21-18(13-17)7-4-12-26(21)15-16-5-2-1-3-6-16/h1-3,5-6,8,11,13-14,19H,4,7,9-10,12,15H2,(H,25,28,30). The van der Waals surface area contributed by atoms with Crippen LogP contribution in [0.4, 0.5) is 5.69 Å². The van der Waals surface area contributed by atoms with E-state index in [2.05, 4.69) is 46.6 Å². The van der Waals surface area contributed by atoms with Crippen molar-refractivity contribution in [1.29, 1.82) is 0 Å². The van der Waals surface area contributed by atoms with E-state index in [0.29, 0.717) is 0 Å². The Morgan fingerprint density at radius 2 is 1.90 bits per heavy atom. The zero-order chi connectivity index (χ0) is 20.7. The number of thiocarbonyl (C=S) groups is 1. The number of anilines is 1. The molecule has 2 fully saturated rings. The summed E-state index contributed by atoms with van der Waals surface area (Å²) >= 11 is 5.20. The van der Waals surface area contributed by atoms with Crippen LogP contribution >= 0.6 is 12.2 Å². The van der Waals surface area contributed by atoms with Crippen molar-refractivity contribution in [3.8, 4) is 0 Å². The molecule has 0 bridgehead atoms. The summed E-state index contributed by atoms with van der Waals surface area (Å²) in [5, 5.41) is 2.90. The Bertz CT molecular complexity index is 1060. The molecule has 1 saturated heterocycles. The van der Waals surface area contributed by atoms with Gasteiger partial charge in [-0.1, -0.05) is 36.4 Å². The van der Waals surface area contributed by atoms with Crippen LogP contribution in [0.5, 0.6) is 0 Å². The van der Waals surface area contributed by atoms with Crippen LogP contribution in [-0.4, -0.2) is 34.4 Å². The van der Waals surface area contributed by atoms with Gasteiger partial charge in [0.05, 0.1) is 0 Å². The van der Waals surface area contributed by atoms with Crippen LogP contribution < -0.4 is 10.2 Å². The van der Waals surface area contributed by atoms with Crippen molar-refractivity contribution in [2.75, 3.05) is 11.4 Å². The lowest BCUT2D eigenvalue weighted by Crippen LogP contribution is -2.54. The normalized spacial score (nSPS) is 20.4. The lowest BCUT2D eigenvalue weighted by molar-refractivity contribution is -0.129. The highest BCUT2D eigenvalue weighted by molar-refractivity contribution is 7.80. The minimum absolute atomic E-state index is 0.129. The molecule has 3 aliphatic rings. The molecule has 0 unspecified atom stereocenters. The van der Waals surface area contributed by atoms with Gasteiger partial charge < -0.3 is 4.90 Å². The molecule has 2 amide bonds. The molecule has 152 valence electrons. The summed E-state index contributed by atoms with van der Waals surface area (Å²) in [5.74, 6) is -0.694. The molecule has 0 atom stereocenters. The maximum atomic E-state index is 12.9. The SMILES string of the molecule is O=C1NC(=S)N(C2CC2)C(=O)C1=Cc1ccc2c(c1)CCCN2Cc1ccccc1. The Labute approximate surface area is 181 Å². The second-order valence-corrected chi connectivity index (χ2v) is 8.51. The lowest BCUT2D eigenvalue weighted by Gasteiger charge is -2.32. The summed E-state index contributed by atoms with van der Waals surface area (Å²) in [6.07, 6.45) is 5.65. The average Bonchev–Trinajstić information content (AvgIpc) is 3.57. The number of carbonyl (C=O) groups is 2. The molecule has 2 aromatic carbocycles. The number of amides is 2. The molecule has 1 aliphatic carbocycles. The van der Waals surface area contributed by atoms with Gasteiger partial charge in [0.1, 0.15) is 5.57 Å². The Balaban J connectivity index is 1.42. The number of rotatable bonds is 4. The van der Waals surface area contributed by atoms with E-state index in [0.717, 1.165) is 44.3 Å². The highest BCUT2D eigenvalue weighted by Crippen LogP contribution is 2.32. The summed E-state index contributed by atoms with van der Waals surface area (Å²) in [4.78, 5) is 29.3. The molecule has 2 aromatic rings. The van der Waals surface area contributed by atoms with Crippen LogP contribution in [0.25, 0.3) is 6.08 Å². The fourth-order valence-electron chi connectivity index (χ4n) is 4.25. The van der Waals surface area contributed by atoms with Gasteiger partial charge in [-0.3, -0.25) is 19.8 Å². The highest BCUT2D eigenvalue weighted by Gasteiger charge is 2.42. The van der Waals surface area contributed by atoms with Crippen LogP contribution in [0.2, 0.25) is 0 Å². The molecule has 6 heteroatoms. The molecular formula is C24H23N3O2S. The number of hydrogen-bond acceptors (Lipinski definition) is 4. The molecule has 0 spiro atoms. The summed E-state index contributed by atoms with van der Waals surface area (Å²) in [6.45, 7) is 1.90. The van der Waals surface area contributed by atoms with Crippen LogP contribution in [0.1, 0.15) is 36.0 Å². The molecule has 5 nitrogen and oxygen atoms in total. The van der Waals surface area contributed by atoms with E-state index in [-0.39, 0.29) is 22.6 Å². The minimum Gasteiger partial charge on any atom is -0.367 e. The first-order valence-corrected chi connectivity index (χ1v) is 10.8. The Hall–Kier alpha value is -2.99. The number of nitrogens with zero attached hydrogens (tertiary/aromatic N) is 2. The van der Waals surface area contributed by atoms with Crippen molar-refractivity contribution in [3.05, 3.63) is 70.8 Å². The Morgan fingerprint density at radius 1 is 1.10 bits per heavy atom. The maximum absolute atomic E-state index is 12.9. The van der Waals surface area contributed by atoms with Gasteiger partial charge in [0, 0.05) is 24.8 Å². The first kappa shape index (κ1) is 19.0. The van der Waals surface area contributed by atoms with Gasteiger partial charge in [-0.05, 0) is 72.8 Å². The number of aryl methyl sites for hydroxylation is 1. The van der Waals surface area contributed by atoms with Gasteiger partial charge in [0.25, 0.3) is 11.8 Å². The predicted octanol–water partition coefficient (Wildman–Crippen LogP) is 3.43. The van der Waals surface area contributed by atoms with Crippen LogP contribution in [0, 0.1) is 0 Å². The van der Waals surface area contributed by atoms with Crippen molar-refractivity contribution in [1.82, 2.24) is 10.2 Å². The third-order valence-electron chi connectivity index (χ3n) is 5.89. The molecule has 1 N–H and O–H groups in total. The minimum atomic E-state index is -0.412. The summed E-state index contributed by atoms with van der Waals surface area (Å²) < 4.78 is 0. The van der Waals surface area contributed by atoms with E-state index in [1.807, 2.05) is 12.1 Å². The molecule has 0 radical (unpaired) electrons. The first-order chi connectivity index (χ1) is 14.6. The summed E-state index contributed by atoms with van der Waals surface area (Å²) in [6, 6.07) is 16.8. The monoisotopic (exact) mass is 417 g/mol. The van der Waals surface area contributed by atoms with Gasteiger partial charge in [-0.15, -0.1) is 0 Å². The highest BCUT2D eigenvalue weighted by atomic mass is 32.1. The fraction of sp³-hybridized carbons (Fsp3) is 0.292. The van der Waals surface area contributed by atoms with Crippen molar-refractivity contribution in [2.24, 2.45) is 0 Å². The van der Waals surface area contributed by atoms with E-state index in [1.165, 1.54) is 16.8 Å². The van der Waals surface area contributed by atoms with Gasteiger partial charge in [-0.2, -0.15) is 0 Å². The molecule has 1 saturated carbocycles. The molecule has 0 aromatic heterocycles. The van der Waals surface area contributed by atoms with Crippen molar-refractivity contribution in [3.63, 3.8) is 0 Å². The van der Waals surface area contributed by atoms with Crippen LogP contribution in [-0.2, 0) is 22.6 Å². The molecule has 30 heavy (non-hydrogen) atoms. The smallest absolute Gasteiger partial charge is 0.265 e. The fourth-order valence-corrected chi connectivity index (χ4v) is 4.58. The van der Waals surface area contributed by atoms with Crippen molar-refractivity contribution >= 4 is 40.9 Å². The largest absolute Gasteiger partial charge is 0.367 e. The average molecular weight is 418 g/mol. The quantitative estimate of drug-likeness (QED) is 0.471. The summed E-state index contributed by atoms with van der Waals surface area (Å²) in [5.41, 5.74) is 4.80. The lowest BCUT2D eigenvalue weighted by atomic mass is 9.97. The maximum Gasteiger partial charge on any atom is 0.265 e. The van der Waals surface area contributed by atoms with Crippen LogP contribution in [0.3, 0.4) is 0 Å². The molecule has 5 rings (SSSR count). The van der Waals surface area contributed by atoms with E-state index < -0.39 is 5.91 Å². The van der Waals surface area contributed by atoms with Crippen LogP contribution in [0.15, 0.2) is 54.1 Å². The zero-order valence-corrected chi connectivity index (χ0v) is 17.5. The number of hydrogen-bond donors (Lipinski definition) is 1. The third-order valence-corrected chi connectivity index (χ3v) is 6.19. The summed E-state index contributed by atoms with van der Waals surface area (Å²) in [7, 11) is 0. The second-order valence-electron chi connectivity index (χ2n) is 8.12. The van der Waals surface area contributed by atoms with E-state index in [4.69, 9.17) is 12.2 Å². The second kappa shape index (κ2) is 7.69. The molecule has 2 aliphatic heterocycles. The molecule has 2 heterocycles. The Morgan fingerprint density at radius 3 is 2.67 bits per heavy atom. The zero-order valence-electron chi connectivity index (χ0n) is 16.6. The van der Waals surface area contributed by atoms with E-state index >= 15 is 0 Å². The Kier molecular flexibility index (Phi) is 4.87. The van der Waals surface area contributed by atoms with Crippen molar-refractivity contribution in [2.45, 2.75) is 38.3 Å². The molecular weight excluding hydrogens is 394 g/mol. The number of benzene rings is 2. The van der Waals surface area contributed by atoms with Crippen molar-refractivity contribution < 1.29 is 9.59 Å². The number of carbonyl (C=O) groups excluding carboxylic acids is 2. The van der Waals surface area contributed by atoms with Gasteiger partial charge in [0.2, 0.25) is 0 Å². The topological polar surface area (TPSA) is 52.7 Å². The predicted molar refractivity (Wildman–Crippen MR) is 121 cm³/mol.